The molecule has 1 N–H and O–H groups in total. The van der Waals surface area contributed by atoms with Crippen molar-refractivity contribution >= 4 is 0 Å². The van der Waals surface area contributed by atoms with Crippen LogP contribution in [0.4, 0.5) is 0 Å². The van der Waals surface area contributed by atoms with E-state index in [-0.39, 0.29) is 0 Å². The van der Waals surface area contributed by atoms with Crippen molar-refractivity contribution in [3.8, 4) is 0 Å². The largest absolute Gasteiger partial charge is 0.389 e. The van der Waals surface area contributed by atoms with Crippen molar-refractivity contribution in [1.29, 1.82) is 0 Å². The van der Waals surface area contributed by atoms with Gasteiger partial charge in [-0.2, -0.15) is 5.10 Å². The molecule has 0 aliphatic heterocycles. The molecular weight excluding hydrogens is 252 g/mol. The molecule has 2 rings (SSSR count). The normalized spacial score (nSPS) is 27.1. The molecule has 1 fully saturated rings. The first-order valence-electron chi connectivity index (χ1n) is 7.89. The molecule has 0 radical (unpaired) electrons. The zero-order valence-corrected chi connectivity index (χ0v) is 13.0. The van der Waals surface area contributed by atoms with E-state index >= 15 is 0 Å². The maximum atomic E-state index is 10.7. The van der Waals surface area contributed by atoms with Gasteiger partial charge in [-0.3, -0.25) is 4.68 Å². The van der Waals surface area contributed by atoms with E-state index in [1.807, 2.05) is 0 Å². The fourth-order valence-electron chi connectivity index (χ4n) is 3.22. The molecule has 0 aromatic carbocycles. The van der Waals surface area contributed by atoms with Crippen LogP contribution >= 0.6 is 0 Å². The first-order valence-corrected chi connectivity index (χ1v) is 7.89. The first-order chi connectivity index (χ1) is 9.60. The minimum atomic E-state index is -0.595. The average Bonchev–Trinajstić information content (AvgIpc) is 2.89. The molecule has 0 amide bonds. The van der Waals surface area contributed by atoms with Crippen molar-refractivity contribution in [3.05, 3.63) is 18.0 Å². The van der Waals surface area contributed by atoms with Gasteiger partial charge in [-0.1, -0.05) is 13.8 Å². The van der Waals surface area contributed by atoms with Crippen LogP contribution in [0.2, 0.25) is 0 Å². The summed E-state index contributed by atoms with van der Waals surface area (Å²) in [6.45, 7) is 4.38. The van der Waals surface area contributed by atoms with Gasteiger partial charge in [0.25, 0.3) is 0 Å². The van der Waals surface area contributed by atoms with E-state index in [1.54, 1.807) is 7.11 Å². The maximum absolute atomic E-state index is 10.7. The number of rotatable bonds is 6. The second kappa shape index (κ2) is 6.72. The Kier molecular flexibility index (Phi) is 5.22. The van der Waals surface area contributed by atoms with Gasteiger partial charge in [0.05, 0.1) is 23.4 Å². The highest BCUT2D eigenvalue weighted by Crippen LogP contribution is 2.32. The average molecular weight is 280 g/mol. The zero-order valence-electron chi connectivity index (χ0n) is 13.0. The van der Waals surface area contributed by atoms with Crippen LogP contribution < -0.4 is 0 Å². The van der Waals surface area contributed by atoms with Gasteiger partial charge in [0.2, 0.25) is 0 Å². The monoisotopic (exact) mass is 280 g/mol. The highest BCUT2D eigenvalue weighted by atomic mass is 16.5. The van der Waals surface area contributed by atoms with Crippen molar-refractivity contribution in [1.82, 2.24) is 9.78 Å². The molecule has 20 heavy (non-hydrogen) atoms. The minimum absolute atomic E-state index is 0.317. The van der Waals surface area contributed by atoms with Crippen LogP contribution in [0.5, 0.6) is 0 Å². The van der Waals surface area contributed by atoms with Crippen LogP contribution in [0.1, 0.15) is 64.1 Å². The summed E-state index contributed by atoms with van der Waals surface area (Å²) in [6, 6.07) is 2.53. The van der Waals surface area contributed by atoms with E-state index in [9.17, 15) is 5.11 Å². The van der Waals surface area contributed by atoms with E-state index in [2.05, 4.69) is 35.9 Å². The molecule has 0 atom stereocenters. The van der Waals surface area contributed by atoms with Crippen molar-refractivity contribution in [2.75, 3.05) is 7.11 Å². The lowest BCUT2D eigenvalue weighted by atomic mass is 9.80. The summed E-state index contributed by atoms with van der Waals surface area (Å²) in [7, 11) is 1.76. The molecule has 1 aromatic rings. The van der Waals surface area contributed by atoms with E-state index in [0.717, 1.165) is 44.2 Å². The van der Waals surface area contributed by atoms with E-state index in [0.29, 0.717) is 18.6 Å². The Morgan fingerprint density at radius 1 is 1.40 bits per heavy atom. The second-order valence-electron chi connectivity index (χ2n) is 6.09. The van der Waals surface area contributed by atoms with Crippen molar-refractivity contribution in [2.24, 2.45) is 0 Å². The SMILES string of the molecule is CCC(CC)n1ccc(CC2(O)CCC(OC)CC2)n1. The van der Waals surface area contributed by atoms with Gasteiger partial charge < -0.3 is 9.84 Å². The van der Waals surface area contributed by atoms with E-state index < -0.39 is 5.60 Å². The van der Waals surface area contributed by atoms with Gasteiger partial charge >= 0.3 is 0 Å². The van der Waals surface area contributed by atoms with Crippen LogP contribution in [-0.4, -0.2) is 33.7 Å². The number of hydrogen-bond acceptors (Lipinski definition) is 3. The number of aliphatic hydroxyl groups is 1. The standard InChI is InChI=1S/C16H28N2O2/c1-4-14(5-2)18-11-8-13(17-18)12-16(19)9-6-15(20-3)7-10-16/h8,11,14-15,19H,4-7,9-10,12H2,1-3H3. The van der Waals surface area contributed by atoms with Gasteiger partial charge in [-0.05, 0) is 44.6 Å². The minimum Gasteiger partial charge on any atom is -0.389 e. The summed E-state index contributed by atoms with van der Waals surface area (Å²) in [5.74, 6) is 0. The topological polar surface area (TPSA) is 47.3 Å². The Morgan fingerprint density at radius 3 is 2.60 bits per heavy atom. The fourth-order valence-corrected chi connectivity index (χ4v) is 3.22. The van der Waals surface area contributed by atoms with Crippen LogP contribution in [0, 0.1) is 0 Å². The van der Waals surface area contributed by atoms with Gasteiger partial charge in [-0.25, -0.2) is 0 Å². The molecule has 0 spiro atoms. The van der Waals surface area contributed by atoms with Gasteiger partial charge in [0.1, 0.15) is 0 Å². The van der Waals surface area contributed by atoms with Crippen LogP contribution in [0.15, 0.2) is 12.3 Å². The number of nitrogens with zero attached hydrogens (tertiary/aromatic N) is 2. The second-order valence-corrected chi connectivity index (χ2v) is 6.09. The lowest BCUT2D eigenvalue weighted by molar-refractivity contribution is -0.0433. The van der Waals surface area contributed by atoms with Crippen molar-refractivity contribution in [2.45, 2.75) is 76.5 Å². The lowest BCUT2D eigenvalue weighted by Crippen LogP contribution is -2.38. The fraction of sp³-hybridized carbons (Fsp3) is 0.812. The predicted octanol–water partition coefficient (Wildman–Crippen LogP) is 3.11. The zero-order chi connectivity index (χ0) is 14.6. The molecule has 0 saturated heterocycles. The summed E-state index contributed by atoms with van der Waals surface area (Å²) < 4.78 is 7.42. The van der Waals surface area contributed by atoms with Gasteiger partial charge in [0.15, 0.2) is 0 Å². The highest BCUT2D eigenvalue weighted by Gasteiger charge is 2.34. The Morgan fingerprint density at radius 2 is 2.05 bits per heavy atom. The molecule has 114 valence electrons. The quantitative estimate of drug-likeness (QED) is 0.871. The molecule has 0 bridgehead atoms. The van der Waals surface area contributed by atoms with Crippen molar-refractivity contribution < 1.29 is 9.84 Å². The third kappa shape index (κ3) is 3.61. The number of aromatic nitrogens is 2. The molecule has 1 aliphatic rings. The van der Waals surface area contributed by atoms with E-state index in [4.69, 9.17) is 4.74 Å². The Balaban J connectivity index is 1.96. The molecule has 1 saturated carbocycles. The Hall–Kier alpha value is -0.870. The molecule has 4 heteroatoms. The summed E-state index contributed by atoms with van der Waals surface area (Å²) in [6.07, 6.45) is 8.73. The number of hydrogen-bond donors (Lipinski definition) is 1. The smallest absolute Gasteiger partial charge is 0.0705 e. The molecule has 0 unspecified atom stereocenters. The Labute approximate surface area is 122 Å². The first kappa shape index (κ1) is 15.5. The highest BCUT2D eigenvalue weighted by molar-refractivity contribution is 5.05. The molecule has 4 nitrogen and oxygen atoms in total. The summed E-state index contributed by atoms with van der Waals surface area (Å²) >= 11 is 0. The van der Waals surface area contributed by atoms with Crippen LogP contribution in [0.3, 0.4) is 0 Å². The molecule has 1 aromatic heterocycles. The molecule has 1 heterocycles. The number of ether oxygens (including phenoxy) is 1. The van der Waals surface area contributed by atoms with Gasteiger partial charge in [0, 0.05) is 19.7 Å². The van der Waals surface area contributed by atoms with E-state index in [1.165, 1.54) is 0 Å². The third-order valence-electron chi connectivity index (χ3n) is 4.69. The maximum Gasteiger partial charge on any atom is 0.0705 e. The summed E-state index contributed by atoms with van der Waals surface area (Å²) in [5, 5.41) is 15.4. The summed E-state index contributed by atoms with van der Waals surface area (Å²) in [4.78, 5) is 0. The lowest BCUT2D eigenvalue weighted by Gasteiger charge is -2.35. The molecular formula is C16H28N2O2. The number of methoxy groups -OCH3 is 1. The summed E-state index contributed by atoms with van der Waals surface area (Å²) in [5.41, 5.74) is 0.414. The van der Waals surface area contributed by atoms with Crippen LogP contribution in [0.25, 0.3) is 0 Å². The Bertz CT molecular complexity index is 404. The predicted molar refractivity (Wildman–Crippen MR) is 79.8 cm³/mol. The van der Waals surface area contributed by atoms with Crippen molar-refractivity contribution in [3.63, 3.8) is 0 Å². The molecule has 1 aliphatic carbocycles. The van der Waals surface area contributed by atoms with Crippen LogP contribution in [-0.2, 0) is 11.2 Å². The third-order valence-corrected chi connectivity index (χ3v) is 4.69. The van der Waals surface area contributed by atoms with Gasteiger partial charge in [-0.15, -0.1) is 0 Å².